The van der Waals surface area contributed by atoms with Crippen LogP contribution in [-0.2, 0) is 16.4 Å². The molecule has 0 spiro atoms. The van der Waals surface area contributed by atoms with Crippen LogP contribution in [0.5, 0.6) is 0 Å². The highest BCUT2D eigenvalue weighted by Gasteiger charge is 2.22. The molecule has 196 valence electrons. The fourth-order valence-corrected chi connectivity index (χ4v) is 6.18. The summed E-state index contributed by atoms with van der Waals surface area (Å²) >= 11 is 6.09. The van der Waals surface area contributed by atoms with E-state index in [1.807, 2.05) is 43.6 Å². The van der Waals surface area contributed by atoms with Crippen molar-refractivity contribution in [2.24, 2.45) is 0 Å². The minimum atomic E-state index is -3.78. The van der Waals surface area contributed by atoms with Gasteiger partial charge in [-0.15, -0.1) is 0 Å². The summed E-state index contributed by atoms with van der Waals surface area (Å²) in [5, 5.41) is 3.66. The molecule has 2 N–H and O–H groups in total. The highest BCUT2D eigenvalue weighted by Crippen LogP contribution is 2.26. The number of hydrogen-bond donors (Lipinski definition) is 2. The minimum absolute atomic E-state index is 0.0536. The number of aryl methyl sites for hydroxylation is 1. The lowest BCUT2D eigenvalue weighted by Crippen LogP contribution is -2.36. The van der Waals surface area contributed by atoms with Gasteiger partial charge in [0.05, 0.1) is 5.02 Å². The first-order valence-electron chi connectivity index (χ1n) is 12.6. The number of rotatable bonds is 9. The van der Waals surface area contributed by atoms with Crippen LogP contribution in [0.15, 0.2) is 59.8 Å². The molecule has 2 aromatic carbocycles. The van der Waals surface area contributed by atoms with Crippen LogP contribution in [-0.4, -0.2) is 49.5 Å². The molecule has 1 aromatic heterocycles. The molecule has 37 heavy (non-hydrogen) atoms. The predicted molar refractivity (Wildman–Crippen MR) is 152 cm³/mol. The highest BCUT2D eigenvalue weighted by molar-refractivity contribution is 7.92. The van der Waals surface area contributed by atoms with Crippen LogP contribution in [0.1, 0.15) is 49.3 Å². The van der Waals surface area contributed by atoms with Gasteiger partial charge in [-0.25, -0.2) is 18.4 Å². The summed E-state index contributed by atoms with van der Waals surface area (Å²) in [6, 6.07) is 13.0. The Morgan fingerprint density at radius 1 is 1.03 bits per heavy atom. The lowest BCUT2D eigenvalue weighted by atomic mass is 9.91. The van der Waals surface area contributed by atoms with E-state index in [1.54, 1.807) is 24.3 Å². The number of aromatic nitrogens is 2. The average Bonchev–Trinajstić information content (AvgIpc) is 2.89. The number of benzene rings is 2. The van der Waals surface area contributed by atoms with Crippen LogP contribution >= 0.6 is 11.6 Å². The maximum absolute atomic E-state index is 12.8. The first kappa shape index (κ1) is 27.1. The third kappa shape index (κ3) is 7.09. The van der Waals surface area contributed by atoms with Gasteiger partial charge in [-0.3, -0.25) is 4.72 Å². The third-order valence-corrected chi connectivity index (χ3v) is 8.67. The standard InChI is InChI=1S/C28H34ClN5O2S/c1-4-21-17-24(33-37(35,36)27-8-6-5-7-26(27)29)12-11-22(21)10-9-20-18-30-28(31-19-20)32-23-13-15-25(16-14-23)34(2)3/h5-12,17-19,23,25,33H,4,13-16H2,1-3H3,(H,30,31,32)/b10-9+/t23-,25-. The van der Waals surface area contributed by atoms with Gasteiger partial charge in [-0.05, 0) is 81.6 Å². The molecule has 1 fully saturated rings. The van der Waals surface area contributed by atoms with Gasteiger partial charge in [-0.1, -0.05) is 48.9 Å². The molecule has 0 amide bonds. The van der Waals surface area contributed by atoms with E-state index in [2.05, 4.69) is 39.0 Å². The van der Waals surface area contributed by atoms with Gasteiger partial charge in [0.2, 0.25) is 5.95 Å². The van der Waals surface area contributed by atoms with Crippen molar-refractivity contribution in [3.8, 4) is 0 Å². The van der Waals surface area contributed by atoms with Crippen LogP contribution in [0.2, 0.25) is 5.02 Å². The van der Waals surface area contributed by atoms with Gasteiger partial charge in [0.1, 0.15) is 4.90 Å². The molecule has 7 nitrogen and oxygen atoms in total. The molecule has 4 rings (SSSR count). The fourth-order valence-electron chi connectivity index (χ4n) is 4.61. The maximum atomic E-state index is 12.8. The van der Waals surface area contributed by atoms with Crippen molar-refractivity contribution in [2.75, 3.05) is 24.1 Å². The summed E-state index contributed by atoms with van der Waals surface area (Å²) in [6.45, 7) is 2.04. The Morgan fingerprint density at radius 2 is 1.73 bits per heavy atom. The van der Waals surface area contributed by atoms with Gasteiger partial charge in [0, 0.05) is 35.7 Å². The summed E-state index contributed by atoms with van der Waals surface area (Å²) in [5.41, 5.74) is 3.41. The van der Waals surface area contributed by atoms with Gasteiger partial charge in [-0.2, -0.15) is 0 Å². The van der Waals surface area contributed by atoms with Crippen LogP contribution in [0.4, 0.5) is 11.6 Å². The SMILES string of the molecule is CCc1cc(NS(=O)(=O)c2ccccc2Cl)ccc1/C=C/c1cnc(N[C@H]2CC[C@H](N(C)C)CC2)nc1. The Morgan fingerprint density at radius 3 is 2.38 bits per heavy atom. The molecule has 1 aliphatic carbocycles. The Hall–Kier alpha value is -2.94. The molecular formula is C28H34ClN5O2S. The summed E-state index contributed by atoms with van der Waals surface area (Å²) in [7, 11) is 0.513. The van der Waals surface area contributed by atoms with E-state index >= 15 is 0 Å². The van der Waals surface area contributed by atoms with Crippen molar-refractivity contribution in [2.45, 2.75) is 56.0 Å². The van der Waals surface area contributed by atoms with Gasteiger partial charge in [0.15, 0.2) is 0 Å². The van der Waals surface area contributed by atoms with Crippen LogP contribution in [0.25, 0.3) is 12.2 Å². The van der Waals surface area contributed by atoms with Crippen LogP contribution < -0.4 is 10.0 Å². The van der Waals surface area contributed by atoms with E-state index in [1.165, 1.54) is 18.9 Å². The zero-order valence-corrected chi connectivity index (χ0v) is 23.1. The molecule has 9 heteroatoms. The van der Waals surface area contributed by atoms with E-state index < -0.39 is 10.0 Å². The highest BCUT2D eigenvalue weighted by atomic mass is 35.5. The minimum Gasteiger partial charge on any atom is -0.351 e. The van der Waals surface area contributed by atoms with E-state index in [-0.39, 0.29) is 9.92 Å². The largest absolute Gasteiger partial charge is 0.351 e. The first-order chi connectivity index (χ1) is 17.7. The Labute approximate surface area is 225 Å². The van der Waals surface area contributed by atoms with Gasteiger partial charge in [0.25, 0.3) is 10.0 Å². The maximum Gasteiger partial charge on any atom is 0.263 e. The first-order valence-corrected chi connectivity index (χ1v) is 14.4. The monoisotopic (exact) mass is 539 g/mol. The third-order valence-electron chi connectivity index (χ3n) is 6.79. The van der Waals surface area contributed by atoms with E-state index in [0.717, 1.165) is 36.0 Å². The smallest absolute Gasteiger partial charge is 0.263 e. The van der Waals surface area contributed by atoms with Gasteiger partial charge >= 0.3 is 0 Å². The molecule has 1 heterocycles. The normalized spacial score (nSPS) is 18.3. The van der Waals surface area contributed by atoms with Crippen LogP contribution in [0, 0.1) is 0 Å². The number of halogens is 1. The fraction of sp³-hybridized carbons (Fsp3) is 0.357. The number of nitrogens with one attached hydrogen (secondary N) is 2. The molecule has 0 unspecified atom stereocenters. The molecule has 1 aliphatic rings. The molecule has 0 bridgehead atoms. The Balaban J connectivity index is 1.39. The molecule has 3 aromatic rings. The van der Waals surface area contributed by atoms with Crippen molar-refractivity contribution in [1.82, 2.24) is 14.9 Å². The summed E-state index contributed by atoms with van der Waals surface area (Å²) in [6.07, 6.45) is 13.0. The van der Waals surface area contributed by atoms with Gasteiger partial charge < -0.3 is 10.2 Å². The Bertz CT molecular complexity index is 1330. The molecule has 0 atom stereocenters. The zero-order chi connectivity index (χ0) is 26.4. The topological polar surface area (TPSA) is 87.2 Å². The second kappa shape index (κ2) is 12.1. The van der Waals surface area contributed by atoms with Crippen LogP contribution in [0.3, 0.4) is 0 Å². The van der Waals surface area contributed by atoms with Crippen molar-refractivity contribution >= 4 is 45.4 Å². The average molecular weight is 540 g/mol. The summed E-state index contributed by atoms with van der Waals surface area (Å²) < 4.78 is 28.2. The zero-order valence-electron chi connectivity index (χ0n) is 21.5. The summed E-state index contributed by atoms with van der Waals surface area (Å²) in [4.78, 5) is 11.4. The number of hydrogen-bond acceptors (Lipinski definition) is 6. The van der Waals surface area contributed by atoms with Crippen molar-refractivity contribution in [3.05, 3.63) is 76.6 Å². The van der Waals surface area contributed by atoms with E-state index in [4.69, 9.17) is 11.6 Å². The Kier molecular flexibility index (Phi) is 8.84. The quantitative estimate of drug-likeness (QED) is 0.349. The van der Waals surface area contributed by atoms with E-state index in [9.17, 15) is 8.42 Å². The second-order valence-corrected chi connectivity index (χ2v) is 11.6. The molecule has 0 radical (unpaired) electrons. The lowest BCUT2D eigenvalue weighted by Gasteiger charge is -2.32. The van der Waals surface area contributed by atoms with E-state index in [0.29, 0.717) is 23.7 Å². The molecule has 0 saturated heterocycles. The van der Waals surface area contributed by atoms with Crippen molar-refractivity contribution in [1.29, 1.82) is 0 Å². The van der Waals surface area contributed by atoms with Crippen molar-refractivity contribution in [3.63, 3.8) is 0 Å². The lowest BCUT2D eigenvalue weighted by molar-refractivity contribution is 0.221. The number of sulfonamides is 1. The molecule has 1 saturated carbocycles. The van der Waals surface area contributed by atoms with Crippen molar-refractivity contribution < 1.29 is 8.42 Å². The molecular weight excluding hydrogens is 506 g/mol. The number of anilines is 2. The predicted octanol–water partition coefficient (Wildman–Crippen LogP) is 5.95. The number of nitrogens with zero attached hydrogens (tertiary/aromatic N) is 3. The summed E-state index contributed by atoms with van der Waals surface area (Å²) in [5.74, 6) is 0.662. The second-order valence-electron chi connectivity index (χ2n) is 9.59. The molecule has 0 aliphatic heterocycles.